The zero-order valence-corrected chi connectivity index (χ0v) is 46.1. The van der Waals surface area contributed by atoms with Crippen LogP contribution in [0.25, 0.3) is 43.1 Å². The van der Waals surface area contributed by atoms with Crippen molar-refractivity contribution in [3.63, 3.8) is 0 Å². The van der Waals surface area contributed by atoms with Crippen molar-refractivity contribution in [2.45, 2.75) is 130 Å². The highest BCUT2D eigenvalue weighted by molar-refractivity contribution is 7.80. The summed E-state index contributed by atoms with van der Waals surface area (Å²) in [6.45, 7) is 11.9. The van der Waals surface area contributed by atoms with Gasteiger partial charge in [0.2, 0.25) is 0 Å². The van der Waals surface area contributed by atoms with E-state index in [1.54, 1.807) is 0 Å². The molecule has 2 saturated heterocycles. The molecular weight excluding hydrogens is 961 g/mol. The van der Waals surface area contributed by atoms with Gasteiger partial charge in [-0.1, -0.05) is 188 Å². The van der Waals surface area contributed by atoms with E-state index in [1.807, 2.05) is 0 Å². The SMILES string of the molecule is CCCCCCCCC1CN2CN(C1)C(=S)NCc1c3ccccc3c(c3ccccc13)CNC(=S)N1CC(CCCCCCCC)CN(C1)C(=S)NCc1c3ccccc3c(c3ccccc13)CNC2=S. The van der Waals surface area contributed by atoms with Crippen molar-refractivity contribution in [3.8, 4) is 0 Å². The summed E-state index contributed by atoms with van der Waals surface area (Å²) in [7, 11) is 0. The Morgan fingerprint density at radius 3 is 0.806 bits per heavy atom. The van der Waals surface area contributed by atoms with Gasteiger partial charge in [0.05, 0.1) is 13.3 Å². The van der Waals surface area contributed by atoms with Gasteiger partial charge < -0.3 is 40.9 Å². The maximum Gasteiger partial charge on any atom is 0.170 e. The number of thiocarbonyl (C=S) groups is 4. The van der Waals surface area contributed by atoms with Crippen molar-refractivity contribution >= 4 is 112 Å². The molecule has 6 aromatic rings. The van der Waals surface area contributed by atoms with Crippen LogP contribution in [-0.4, -0.2) is 79.6 Å². The van der Waals surface area contributed by atoms with Crippen molar-refractivity contribution in [1.82, 2.24) is 40.9 Å². The number of nitrogens with zero attached hydrogens (tertiary/aromatic N) is 4. The normalized spacial score (nSPS) is 17.0. The molecule has 72 heavy (non-hydrogen) atoms. The molecule has 380 valence electrons. The summed E-state index contributed by atoms with van der Waals surface area (Å²) >= 11 is 25.5. The summed E-state index contributed by atoms with van der Waals surface area (Å²) in [5.74, 6) is 0.877. The first kappa shape index (κ1) is 52.0. The van der Waals surface area contributed by atoms with E-state index >= 15 is 0 Å². The van der Waals surface area contributed by atoms with E-state index < -0.39 is 0 Å². The topological polar surface area (TPSA) is 61.1 Å². The second kappa shape index (κ2) is 25.4. The van der Waals surface area contributed by atoms with Gasteiger partial charge in [-0.25, -0.2) is 0 Å². The number of hydrogen-bond donors (Lipinski definition) is 4. The minimum absolute atomic E-state index is 0.439. The summed E-state index contributed by atoms with van der Waals surface area (Å²) in [6.07, 6.45) is 17.7. The maximum absolute atomic E-state index is 6.38. The summed E-state index contributed by atoms with van der Waals surface area (Å²) in [5.41, 5.74) is 5.01. The molecule has 0 atom stereocenters. The van der Waals surface area contributed by atoms with Crippen LogP contribution in [0.5, 0.6) is 0 Å². The highest BCUT2D eigenvalue weighted by Gasteiger charge is 2.31. The molecule has 0 spiro atoms. The summed E-state index contributed by atoms with van der Waals surface area (Å²) in [5, 5.41) is 28.1. The lowest BCUT2D eigenvalue weighted by molar-refractivity contribution is 0.145. The molecule has 8 nitrogen and oxygen atoms in total. The van der Waals surface area contributed by atoms with E-state index in [-0.39, 0.29) is 0 Å². The fraction of sp³-hybridized carbons (Fsp3) is 0.467. The van der Waals surface area contributed by atoms with Crippen molar-refractivity contribution in [2.75, 3.05) is 39.5 Å². The van der Waals surface area contributed by atoms with Crippen LogP contribution in [0.15, 0.2) is 97.1 Å². The summed E-state index contributed by atoms with van der Waals surface area (Å²) in [4.78, 5) is 9.44. The van der Waals surface area contributed by atoms with E-state index in [1.165, 1.54) is 142 Å². The summed E-state index contributed by atoms with van der Waals surface area (Å²) in [6, 6.07) is 35.4. The average Bonchev–Trinajstić information content (AvgIpc) is 3.41. The van der Waals surface area contributed by atoms with Crippen LogP contribution in [-0.2, 0) is 26.2 Å². The largest absolute Gasteiger partial charge is 0.358 e. The molecule has 0 radical (unpaired) electrons. The first-order chi connectivity index (χ1) is 35.3. The number of fused-ring (bicyclic) bond motifs is 10. The predicted octanol–water partition coefficient (Wildman–Crippen LogP) is 13.4. The molecule has 0 saturated carbocycles. The lowest BCUT2D eigenvalue weighted by atomic mass is 9.91. The second-order valence-electron chi connectivity index (χ2n) is 20.7. The highest BCUT2D eigenvalue weighted by Crippen LogP contribution is 2.35. The van der Waals surface area contributed by atoms with Gasteiger partial charge >= 0.3 is 0 Å². The molecule has 0 aromatic heterocycles. The Kier molecular flexibility index (Phi) is 18.3. The van der Waals surface area contributed by atoms with E-state index in [4.69, 9.17) is 48.9 Å². The van der Waals surface area contributed by atoms with Gasteiger partial charge in [0.15, 0.2) is 20.4 Å². The van der Waals surface area contributed by atoms with Crippen molar-refractivity contribution in [3.05, 3.63) is 119 Å². The molecule has 2 fully saturated rings. The number of hydrogen-bond acceptors (Lipinski definition) is 4. The molecule has 3 heterocycles. The first-order valence-corrected chi connectivity index (χ1v) is 28.9. The standard InChI is InChI=1S/C60H76N8S4/c1-3-5-7-9-11-13-23-43-37-65-41-66(38-43)58(70)62-34-54-47-27-17-21-31-51(47)56(52-32-22-18-28-48(52)54)36-64-60(72)68-40-44(24-14-12-10-8-6-4-2)39-67(42-68)59(71)63-35-55-49-29-19-15-25-45(49)53(33-61-57(65)69)46-26-16-20-30-50(46)55/h15-22,25-32,43-44H,3-14,23-24,33-42H2,1-2H3,(H,61,69)(H,62,70)(H,63,71)(H,64,72). The number of rotatable bonds is 14. The first-order valence-electron chi connectivity index (χ1n) is 27.2. The lowest BCUT2D eigenvalue weighted by Gasteiger charge is -2.43. The van der Waals surface area contributed by atoms with Gasteiger partial charge in [-0.05, 0) is 139 Å². The Morgan fingerprint density at radius 1 is 0.347 bits per heavy atom. The smallest absolute Gasteiger partial charge is 0.170 e. The molecule has 3 aliphatic heterocycles. The van der Waals surface area contributed by atoms with E-state index in [9.17, 15) is 0 Å². The van der Waals surface area contributed by atoms with Crippen LogP contribution < -0.4 is 21.3 Å². The number of unbranched alkanes of at least 4 members (excludes halogenated alkanes) is 10. The summed E-state index contributed by atoms with van der Waals surface area (Å²) < 4.78 is 0. The van der Waals surface area contributed by atoms with Crippen molar-refractivity contribution in [2.24, 2.45) is 11.8 Å². The van der Waals surface area contributed by atoms with Crippen molar-refractivity contribution < 1.29 is 0 Å². The average molecular weight is 1040 g/mol. The van der Waals surface area contributed by atoms with Gasteiger partial charge in [0.1, 0.15) is 0 Å². The monoisotopic (exact) mass is 1040 g/mol. The van der Waals surface area contributed by atoms with E-state index in [2.05, 4.69) is 152 Å². The zero-order chi connectivity index (χ0) is 49.8. The zero-order valence-electron chi connectivity index (χ0n) is 42.8. The molecule has 4 N–H and O–H groups in total. The Morgan fingerprint density at radius 2 is 0.569 bits per heavy atom. The fourth-order valence-electron chi connectivity index (χ4n) is 11.9. The van der Waals surface area contributed by atoms with Crippen LogP contribution in [0.3, 0.4) is 0 Å². The molecule has 3 aliphatic rings. The Labute approximate surface area is 451 Å². The molecule has 0 amide bonds. The van der Waals surface area contributed by atoms with Gasteiger partial charge in [-0.2, -0.15) is 0 Å². The van der Waals surface area contributed by atoms with E-state index in [0.717, 1.165) is 59.5 Å². The molecule has 6 aromatic carbocycles. The van der Waals surface area contributed by atoms with Crippen LogP contribution in [0, 0.1) is 11.8 Å². The van der Waals surface area contributed by atoms with Crippen LogP contribution in [0.4, 0.5) is 0 Å². The molecule has 8 bridgehead atoms. The Balaban J connectivity index is 1.06. The highest BCUT2D eigenvalue weighted by atomic mass is 32.1. The maximum atomic E-state index is 6.38. The molecule has 0 unspecified atom stereocenters. The fourth-order valence-corrected chi connectivity index (χ4v) is 12.7. The third kappa shape index (κ3) is 12.4. The van der Waals surface area contributed by atoms with Crippen LogP contribution in [0.2, 0.25) is 0 Å². The third-order valence-corrected chi connectivity index (χ3v) is 17.3. The molecule has 0 aliphatic carbocycles. The quantitative estimate of drug-likeness (QED) is 0.0478. The molecule has 12 heteroatoms. The van der Waals surface area contributed by atoms with Gasteiger partial charge in [-0.3, -0.25) is 0 Å². The Hall–Kier alpha value is -4.88. The third-order valence-electron chi connectivity index (χ3n) is 15.7. The Bertz CT molecular complexity index is 2390. The van der Waals surface area contributed by atoms with Crippen LogP contribution >= 0.6 is 48.9 Å². The van der Waals surface area contributed by atoms with Gasteiger partial charge in [0, 0.05) is 52.4 Å². The van der Waals surface area contributed by atoms with Crippen molar-refractivity contribution in [1.29, 1.82) is 0 Å². The number of nitrogens with one attached hydrogen (secondary N) is 4. The molecule has 9 rings (SSSR count). The minimum Gasteiger partial charge on any atom is -0.358 e. The molecular formula is C60H76N8S4. The second-order valence-corrected chi connectivity index (χ2v) is 22.3. The van der Waals surface area contributed by atoms with Gasteiger partial charge in [-0.15, -0.1) is 0 Å². The van der Waals surface area contributed by atoms with E-state index in [0.29, 0.717) is 51.4 Å². The van der Waals surface area contributed by atoms with Gasteiger partial charge in [0.25, 0.3) is 0 Å². The predicted molar refractivity (Wildman–Crippen MR) is 320 cm³/mol. The minimum atomic E-state index is 0.439. The van der Waals surface area contributed by atoms with Crippen LogP contribution in [0.1, 0.15) is 126 Å². The lowest BCUT2D eigenvalue weighted by Crippen LogP contribution is -2.57. The number of benzene rings is 6.